The number of rotatable bonds is 4. The van der Waals surface area contributed by atoms with Crippen molar-refractivity contribution in [2.75, 3.05) is 6.26 Å². The first-order valence-corrected chi connectivity index (χ1v) is 11.8. The molecule has 0 spiro atoms. The number of oxime groups is 1. The molecular formula is C15H23NOSSi. The smallest absolute Gasteiger partial charge is 0.126 e. The van der Waals surface area contributed by atoms with Gasteiger partial charge in [0.2, 0.25) is 0 Å². The predicted octanol–water partition coefficient (Wildman–Crippen LogP) is 4.25. The first kappa shape index (κ1) is 14.7. The van der Waals surface area contributed by atoms with Gasteiger partial charge < -0.3 is 4.84 Å². The van der Waals surface area contributed by atoms with E-state index in [1.165, 1.54) is 11.6 Å². The summed E-state index contributed by atoms with van der Waals surface area (Å²) in [5.74, 6) is 0. The largest absolute Gasteiger partial charge is 0.392 e. The minimum Gasteiger partial charge on any atom is -0.392 e. The minimum atomic E-state index is -1.09. The van der Waals surface area contributed by atoms with Gasteiger partial charge in [0.1, 0.15) is 11.8 Å². The SMILES string of the molecule is CS[C@H]1C[C@H](C[Si](C)(C)C)ON=C1c1ccccc1. The Kier molecular flexibility index (Phi) is 4.74. The normalized spacial score (nSPS) is 23.7. The van der Waals surface area contributed by atoms with Crippen molar-refractivity contribution in [3.05, 3.63) is 35.9 Å². The molecule has 0 saturated heterocycles. The first-order chi connectivity index (χ1) is 8.99. The zero-order valence-corrected chi connectivity index (χ0v) is 14.0. The lowest BCUT2D eigenvalue weighted by atomic mass is 10.0. The molecule has 1 aliphatic heterocycles. The van der Waals surface area contributed by atoms with E-state index in [0.717, 1.165) is 12.1 Å². The van der Waals surface area contributed by atoms with Crippen LogP contribution < -0.4 is 0 Å². The van der Waals surface area contributed by atoms with Crippen molar-refractivity contribution in [2.45, 2.75) is 43.5 Å². The van der Waals surface area contributed by atoms with Gasteiger partial charge >= 0.3 is 0 Å². The Balaban J connectivity index is 2.14. The Morgan fingerprint density at radius 2 is 1.95 bits per heavy atom. The molecule has 0 aliphatic carbocycles. The second kappa shape index (κ2) is 6.14. The van der Waals surface area contributed by atoms with Gasteiger partial charge in [0, 0.05) is 20.1 Å². The lowest BCUT2D eigenvalue weighted by molar-refractivity contribution is 0.0578. The summed E-state index contributed by atoms with van der Waals surface area (Å²) in [7, 11) is -1.09. The van der Waals surface area contributed by atoms with Crippen molar-refractivity contribution < 1.29 is 4.84 Å². The molecule has 0 unspecified atom stereocenters. The van der Waals surface area contributed by atoms with Crippen LogP contribution in [-0.2, 0) is 4.84 Å². The highest BCUT2D eigenvalue weighted by atomic mass is 32.2. The summed E-state index contributed by atoms with van der Waals surface area (Å²) in [6, 6.07) is 11.6. The molecular weight excluding hydrogens is 270 g/mol. The molecule has 2 rings (SSSR count). The van der Waals surface area contributed by atoms with Crippen LogP contribution >= 0.6 is 11.8 Å². The standard InChI is InChI=1S/C15H23NOSSi/c1-18-14-10-13(11-19(2,3)4)17-16-15(14)12-8-6-5-7-9-12/h5-9,13-14H,10-11H2,1-4H3/t13-,14+/m1/s1. The zero-order valence-electron chi connectivity index (χ0n) is 12.2. The van der Waals surface area contributed by atoms with Crippen LogP contribution in [0.15, 0.2) is 35.5 Å². The predicted molar refractivity (Wildman–Crippen MR) is 87.9 cm³/mol. The van der Waals surface area contributed by atoms with Gasteiger partial charge in [-0.25, -0.2) is 0 Å². The molecule has 104 valence electrons. The van der Waals surface area contributed by atoms with E-state index in [2.05, 4.69) is 55.3 Å². The summed E-state index contributed by atoms with van der Waals surface area (Å²) in [6.07, 6.45) is 3.55. The Labute approximate surface area is 121 Å². The maximum absolute atomic E-state index is 5.76. The average molecular weight is 294 g/mol. The van der Waals surface area contributed by atoms with Crippen LogP contribution in [-0.4, -0.2) is 31.4 Å². The lowest BCUT2D eigenvalue weighted by Crippen LogP contribution is -2.35. The summed E-state index contributed by atoms with van der Waals surface area (Å²) in [5, 5.41) is 4.89. The Hall–Kier alpha value is -0.743. The van der Waals surface area contributed by atoms with Crippen LogP contribution in [0.25, 0.3) is 0 Å². The quantitative estimate of drug-likeness (QED) is 0.774. The molecule has 2 atom stereocenters. The summed E-state index contributed by atoms with van der Waals surface area (Å²) in [5.41, 5.74) is 2.29. The third-order valence-electron chi connectivity index (χ3n) is 3.28. The summed E-state index contributed by atoms with van der Waals surface area (Å²) >= 11 is 1.88. The van der Waals surface area contributed by atoms with Gasteiger partial charge in [0.15, 0.2) is 0 Å². The summed E-state index contributed by atoms with van der Waals surface area (Å²) < 4.78 is 0. The first-order valence-electron chi connectivity index (χ1n) is 6.81. The van der Waals surface area contributed by atoms with Crippen molar-refractivity contribution in [3.8, 4) is 0 Å². The van der Waals surface area contributed by atoms with E-state index in [9.17, 15) is 0 Å². The highest BCUT2D eigenvalue weighted by molar-refractivity contribution is 8.00. The molecule has 1 heterocycles. The molecule has 0 saturated carbocycles. The van der Waals surface area contributed by atoms with Gasteiger partial charge in [0.25, 0.3) is 0 Å². The molecule has 1 aromatic carbocycles. The van der Waals surface area contributed by atoms with E-state index >= 15 is 0 Å². The van der Waals surface area contributed by atoms with Crippen molar-refractivity contribution in [3.63, 3.8) is 0 Å². The van der Waals surface area contributed by atoms with Crippen molar-refractivity contribution >= 4 is 25.5 Å². The molecule has 0 aromatic heterocycles. The van der Waals surface area contributed by atoms with Gasteiger partial charge in [0.05, 0.1) is 5.25 Å². The summed E-state index contributed by atoms with van der Waals surface area (Å²) in [6.45, 7) is 7.17. The van der Waals surface area contributed by atoms with Crippen LogP contribution in [0.3, 0.4) is 0 Å². The Morgan fingerprint density at radius 1 is 1.26 bits per heavy atom. The van der Waals surface area contributed by atoms with Crippen molar-refractivity contribution in [1.29, 1.82) is 0 Å². The molecule has 0 amide bonds. The minimum absolute atomic E-state index is 0.302. The van der Waals surface area contributed by atoms with E-state index in [0.29, 0.717) is 11.4 Å². The second-order valence-corrected chi connectivity index (χ2v) is 12.9. The zero-order chi connectivity index (χ0) is 13.9. The van der Waals surface area contributed by atoms with Gasteiger partial charge in [-0.05, 0) is 12.3 Å². The molecule has 0 radical (unpaired) electrons. The molecule has 0 N–H and O–H groups in total. The Bertz CT molecular complexity index is 441. The van der Waals surface area contributed by atoms with E-state index < -0.39 is 8.07 Å². The molecule has 2 nitrogen and oxygen atoms in total. The number of hydrogen-bond acceptors (Lipinski definition) is 3. The van der Waals surface area contributed by atoms with Crippen LogP contribution in [0.4, 0.5) is 0 Å². The number of hydrogen-bond donors (Lipinski definition) is 0. The van der Waals surface area contributed by atoms with Crippen molar-refractivity contribution in [1.82, 2.24) is 0 Å². The van der Waals surface area contributed by atoms with E-state index in [1.807, 2.05) is 17.8 Å². The van der Waals surface area contributed by atoms with Crippen LogP contribution in [0.5, 0.6) is 0 Å². The second-order valence-electron chi connectivity index (χ2n) is 6.29. The molecule has 0 fully saturated rings. The summed E-state index contributed by atoms with van der Waals surface area (Å²) in [4.78, 5) is 5.76. The van der Waals surface area contributed by atoms with Crippen molar-refractivity contribution in [2.24, 2.45) is 5.16 Å². The highest BCUT2D eigenvalue weighted by Gasteiger charge is 2.31. The van der Waals surface area contributed by atoms with Gasteiger partial charge in [-0.1, -0.05) is 55.1 Å². The topological polar surface area (TPSA) is 21.6 Å². The van der Waals surface area contributed by atoms with E-state index in [4.69, 9.17) is 4.84 Å². The monoisotopic (exact) mass is 293 g/mol. The maximum atomic E-state index is 5.76. The molecule has 4 heteroatoms. The third kappa shape index (κ3) is 4.11. The lowest BCUT2D eigenvalue weighted by Gasteiger charge is -2.30. The van der Waals surface area contributed by atoms with E-state index in [1.54, 1.807) is 0 Å². The van der Waals surface area contributed by atoms with E-state index in [-0.39, 0.29) is 0 Å². The number of benzene rings is 1. The van der Waals surface area contributed by atoms with Gasteiger partial charge in [-0.2, -0.15) is 11.8 Å². The fourth-order valence-electron chi connectivity index (χ4n) is 2.44. The third-order valence-corrected chi connectivity index (χ3v) is 5.94. The van der Waals surface area contributed by atoms with Crippen LogP contribution in [0.1, 0.15) is 12.0 Å². The average Bonchev–Trinajstić information content (AvgIpc) is 2.37. The highest BCUT2D eigenvalue weighted by Crippen LogP contribution is 2.29. The van der Waals surface area contributed by atoms with Gasteiger partial charge in [-0.3, -0.25) is 0 Å². The fourth-order valence-corrected chi connectivity index (χ4v) is 4.86. The Morgan fingerprint density at radius 3 is 2.53 bits per heavy atom. The molecule has 1 aromatic rings. The fraction of sp³-hybridized carbons (Fsp3) is 0.533. The maximum Gasteiger partial charge on any atom is 0.126 e. The molecule has 19 heavy (non-hydrogen) atoms. The number of nitrogens with zero attached hydrogens (tertiary/aromatic N) is 1. The molecule has 1 aliphatic rings. The number of thioether (sulfide) groups is 1. The van der Waals surface area contributed by atoms with Crippen LogP contribution in [0.2, 0.25) is 25.7 Å². The molecule has 0 bridgehead atoms. The van der Waals surface area contributed by atoms with Gasteiger partial charge in [-0.15, -0.1) is 0 Å². The van der Waals surface area contributed by atoms with Crippen LogP contribution in [0, 0.1) is 0 Å².